The monoisotopic (exact) mass is 351 g/mol. The van der Waals surface area contributed by atoms with Gasteiger partial charge in [0.25, 0.3) is 0 Å². The molecule has 0 radical (unpaired) electrons. The zero-order valence-corrected chi connectivity index (χ0v) is 14.0. The van der Waals surface area contributed by atoms with Crippen molar-refractivity contribution in [3.05, 3.63) is 54.1 Å². The van der Waals surface area contributed by atoms with Gasteiger partial charge in [0.1, 0.15) is 11.6 Å². The predicted molar refractivity (Wildman–Crippen MR) is 89.0 cm³/mol. The Hall–Kier alpha value is -1.79. The Balaban J connectivity index is 1.80. The largest absolute Gasteiger partial charge is 0.240 e. The van der Waals surface area contributed by atoms with Crippen LogP contribution in [0.3, 0.4) is 0 Å². The van der Waals surface area contributed by atoms with Gasteiger partial charge < -0.3 is 0 Å². The van der Waals surface area contributed by atoms with Crippen molar-refractivity contribution >= 4 is 10.0 Å². The molecule has 1 aliphatic carbocycles. The minimum absolute atomic E-state index is 0.0158. The second kappa shape index (κ2) is 6.99. The average molecular weight is 351 g/mol. The van der Waals surface area contributed by atoms with E-state index >= 15 is 0 Å². The van der Waals surface area contributed by atoms with Crippen LogP contribution in [0.1, 0.15) is 32.1 Å². The summed E-state index contributed by atoms with van der Waals surface area (Å²) in [4.78, 5) is 0.152. The number of benzene rings is 2. The Morgan fingerprint density at radius 3 is 2.21 bits per heavy atom. The highest BCUT2D eigenvalue weighted by atomic mass is 32.2. The molecule has 0 spiro atoms. The van der Waals surface area contributed by atoms with Gasteiger partial charge in [-0.2, -0.15) is 0 Å². The van der Waals surface area contributed by atoms with Crippen LogP contribution in [-0.2, 0) is 10.0 Å². The molecule has 0 aromatic heterocycles. The first-order chi connectivity index (χ1) is 11.5. The van der Waals surface area contributed by atoms with Crippen molar-refractivity contribution in [2.24, 2.45) is 0 Å². The number of halogens is 2. The summed E-state index contributed by atoms with van der Waals surface area (Å²) in [6, 6.07) is 9.27. The quantitative estimate of drug-likeness (QED) is 0.895. The van der Waals surface area contributed by atoms with Gasteiger partial charge in [-0.3, -0.25) is 0 Å². The van der Waals surface area contributed by atoms with Gasteiger partial charge in [-0.1, -0.05) is 31.4 Å². The normalized spacial score (nSPS) is 16.2. The molecular formula is C18H19F2NO2S. The topological polar surface area (TPSA) is 46.2 Å². The van der Waals surface area contributed by atoms with E-state index in [2.05, 4.69) is 4.72 Å². The van der Waals surface area contributed by atoms with E-state index in [0.29, 0.717) is 5.56 Å². The van der Waals surface area contributed by atoms with E-state index in [1.807, 2.05) is 0 Å². The zero-order valence-electron chi connectivity index (χ0n) is 13.1. The first-order valence-electron chi connectivity index (χ1n) is 8.03. The molecule has 0 aliphatic heterocycles. The molecule has 1 fully saturated rings. The fourth-order valence-electron chi connectivity index (χ4n) is 3.05. The smallest absolute Gasteiger partial charge is 0.208 e. The number of sulfonamides is 1. The van der Waals surface area contributed by atoms with Crippen molar-refractivity contribution in [2.75, 3.05) is 0 Å². The van der Waals surface area contributed by atoms with E-state index in [0.717, 1.165) is 38.2 Å². The Morgan fingerprint density at radius 2 is 1.58 bits per heavy atom. The van der Waals surface area contributed by atoms with Gasteiger partial charge in [0.05, 0.1) is 4.90 Å². The lowest BCUT2D eigenvalue weighted by atomic mass is 9.96. The van der Waals surface area contributed by atoms with Crippen molar-refractivity contribution in [3.63, 3.8) is 0 Å². The fourth-order valence-corrected chi connectivity index (χ4v) is 4.35. The third-order valence-electron chi connectivity index (χ3n) is 4.33. The second-order valence-corrected chi connectivity index (χ2v) is 7.82. The maximum Gasteiger partial charge on any atom is 0.240 e. The summed E-state index contributed by atoms with van der Waals surface area (Å²) in [7, 11) is -3.58. The van der Waals surface area contributed by atoms with E-state index in [1.54, 1.807) is 0 Å². The number of hydrogen-bond donors (Lipinski definition) is 1. The summed E-state index contributed by atoms with van der Waals surface area (Å²) in [5.41, 5.74) is 0.740. The summed E-state index contributed by atoms with van der Waals surface area (Å²) in [6.45, 7) is 0. The van der Waals surface area contributed by atoms with Crippen LogP contribution in [0.5, 0.6) is 0 Å². The van der Waals surface area contributed by atoms with Gasteiger partial charge in [-0.25, -0.2) is 21.9 Å². The average Bonchev–Trinajstić information content (AvgIpc) is 2.55. The van der Waals surface area contributed by atoms with Gasteiger partial charge >= 0.3 is 0 Å². The third kappa shape index (κ3) is 3.82. The fraction of sp³-hybridized carbons (Fsp3) is 0.333. The Bertz CT molecular complexity index is 813. The highest BCUT2D eigenvalue weighted by Gasteiger charge is 2.21. The van der Waals surface area contributed by atoms with Crippen LogP contribution < -0.4 is 4.72 Å². The highest BCUT2D eigenvalue weighted by molar-refractivity contribution is 7.89. The van der Waals surface area contributed by atoms with Crippen LogP contribution in [-0.4, -0.2) is 14.5 Å². The molecule has 3 nitrogen and oxygen atoms in total. The maximum atomic E-state index is 13.8. The van der Waals surface area contributed by atoms with Crippen molar-refractivity contribution in [1.82, 2.24) is 4.72 Å². The lowest BCUT2D eigenvalue weighted by Crippen LogP contribution is -2.36. The third-order valence-corrected chi connectivity index (χ3v) is 5.87. The minimum atomic E-state index is -3.58. The van der Waals surface area contributed by atoms with E-state index in [9.17, 15) is 17.2 Å². The summed E-state index contributed by atoms with van der Waals surface area (Å²) >= 11 is 0. The van der Waals surface area contributed by atoms with Gasteiger partial charge in [0.2, 0.25) is 10.0 Å². The van der Waals surface area contributed by atoms with Crippen LogP contribution in [0, 0.1) is 11.6 Å². The molecule has 6 heteroatoms. The van der Waals surface area contributed by atoms with Crippen LogP contribution >= 0.6 is 0 Å². The van der Waals surface area contributed by atoms with Gasteiger partial charge in [0, 0.05) is 17.7 Å². The molecule has 2 aromatic rings. The van der Waals surface area contributed by atoms with E-state index in [-0.39, 0.29) is 16.5 Å². The first kappa shape index (κ1) is 17.0. The van der Waals surface area contributed by atoms with Crippen molar-refractivity contribution in [1.29, 1.82) is 0 Å². The maximum absolute atomic E-state index is 13.8. The Morgan fingerprint density at radius 1 is 0.917 bits per heavy atom. The molecule has 0 bridgehead atoms. The molecular weight excluding hydrogens is 332 g/mol. The first-order valence-corrected chi connectivity index (χ1v) is 9.52. The van der Waals surface area contributed by atoms with Crippen LogP contribution in [0.4, 0.5) is 8.78 Å². The van der Waals surface area contributed by atoms with Crippen LogP contribution in [0.15, 0.2) is 47.4 Å². The molecule has 0 amide bonds. The Kier molecular flexibility index (Phi) is 4.96. The predicted octanol–water partition coefficient (Wildman–Crippen LogP) is 4.24. The minimum Gasteiger partial charge on any atom is -0.208 e. The number of nitrogens with one attached hydrogen (secondary N) is 1. The molecule has 0 saturated heterocycles. The van der Waals surface area contributed by atoms with Gasteiger partial charge in [0.15, 0.2) is 0 Å². The molecule has 3 rings (SSSR count). The van der Waals surface area contributed by atoms with E-state index in [4.69, 9.17) is 0 Å². The SMILES string of the molecule is O=S(=O)(NC1CCCCC1)c1ccc(-c2ccc(F)cc2F)cc1. The molecule has 0 heterocycles. The molecule has 1 N–H and O–H groups in total. The Labute approximate surface area is 140 Å². The van der Waals surface area contributed by atoms with Crippen molar-refractivity contribution in [3.8, 4) is 11.1 Å². The van der Waals surface area contributed by atoms with Crippen molar-refractivity contribution < 1.29 is 17.2 Å². The summed E-state index contributed by atoms with van der Waals surface area (Å²) < 4.78 is 54.4. The highest BCUT2D eigenvalue weighted by Crippen LogP contribution is 2.25. The molecule has 24 heavy (non-hydrogen) atoms. The molecule has 0 atom stereocenters. The summed E-state index contributed by atoms with van der Waals surface area (Å²) in [5, 5.41) is 0. The molecule has 1 saturated carbocycles. The standard InChI is InChI=1S/C18H19F2NO2S/c19-14-8-11-17(18(20)12-14)13-6-9-16(10-7-13)24(22,23)21-15-4-2-1-3-5-15/h6-12,15,21H,1-5H2. The lowest BCUT2D eigenvalue weighted by Gasteiger charge is -2.22. The lowest BCUT2D eigenvalue weighted by molar-refractivity contribution is 0.412. The van der Waals surface area contributed by atoms with Gasteiger partial charge in [-0.05, 0) is 42.7 Å². The van der Waals surface area contributed by atoms with Crippen LogP contribution in [0.25, 0.3) is 11.1 Å². The van der Waals surface area contributed by atoms with Crippen molar-refractivity contribution in [2.45, 2.75) is 43.0 Å². The van der Waals surface area contributed by atoms with E-state index < -0.39 is 21.7 Å². The second-order valence-electron chi connectivity index (χ2n) is 6.10. The number of hydrogen-bond acceptors (Lipinski definition) is 2. The molecule has 128 valence electrons. The van der Waals surface area contributed by atoms with E-state index in [1.165, 1.54) is 36.4 Å². The van der Waals surface area contributed by atoms with Crippen LogP contribution in [0.2, 0.25) is 0 Å². The zero-order chi connectivity index (χ0) is 17.2. The molecule has 1 aliphatic rings. The van der Waals surface area contributed by atoms with Gasteiger partial charge in [-0.15, -0.1) is 0 Å². The summed E-state index contributed by atoms with van der Waals surface area (Å²) in [6.07, 6.45) is 4.94. The molecule has 0 unspecified atom stereocenters. The molecule has 2 aromatic carbocycles. The number of rotatable bonds is 4. The summed E-state index contributed by atoms with van der Waals surface area (Å²) in [5.74, 6) is -1.32.